The largest absolute Gasteiger partial charge is 0.509 e. The molecule has 2 atom stereocenters. The molecule has 0 unspecified atom stereocenters. The quantitative estimate of drug-likeness (QED) is 0.173. The Kier molecular flexibility index (Phi) is 7.92. The molecular formula is C49H50B2N2O2. The Bertz CT molecular complexity index is 2470. The van der Waals surface area contributed by atoms with Gasteiger partial charge in [-0.05, 0) is 177 Å². The molecule has 274 valence electrons. The molecule has 55 heavy (non-hydrogen) atoms. The number of aryl methyl sites for hydroxylation is 9. The van der Waals surface area contributed by atoms with Gasteiger partial charge < -0.3 is 4.65 Å². The Labute approximate surface area is 328 Å². The zero-order valence-corrected chi connectivity index (χ0v) is 34.4. The fourth-order valence-corrected chi connectivity index (χ4v) is 11.9. The highest BCUT2D eigenvalue weighted by Gasteiger charge is 2.72. The summed E-state index contributed by atoms with van der Waals surface area (Å²) in [5.74, 6) is -0.0294. The highest BCUT2D eigenvalue weighted by molar-refractivity contribution is 6.83. The summed E-state index contributed by atoms with van der Waals surface area (Å²) in [6.07, 6.45) is 2.11. The van der Waals surface area contributed by atoms with E-state index in [0.717, 1.165) is 11.0 Å². The van der Waals surface area contributed by atoms with Crippen LogP contribution in [-0.4, -0.2) is 35.4 Å². The number of carbonyl (C=O) groups is 1. The van der Waals surface area contributed by atoms with Crippen molar-refractivity contribution in [3.63, 3.8) is 0 Å². The Morgan fingerprint density at radius 3 is 1.42 bits per heavy atom. The van der Waals surface area contributed by atoms with Crippen LogP contribution < -0.4 is 10.9 Å². The minimum Gasteiger partial charge on any atom is -0.498 e. The first-order chi connectivity index (χ1) is 26.1. The van der Waals surface area contributed by atoms with Gasteiger partial charge in [-0.1, -0.05) is 101 Å². The summed E-state index contributed by atoms with van der Waals surface area (Å²) in [4.78, 5) is 19.4. The Morgan fingerprint density at radius 1 is 0.582 bits per heavy atom. The molecular weight excluding hydrogens is 670 g/mol. The minimum atomic E-state index is -0.569. The van der Waals surface area contributed by atoms with E-state index in [-0.39, 0.29) is 18.8 Å². The molecule has 1 amide bonds. The van der Waals surface area contributed by atoms with Crippen molar-refractivity contribution in [1.29, 1.82) is 0 Å². The maximum absolute atomic E-state index is 15.0. The molecule has 0 bridgehead atoms. The van der Waals surface area contributed by atoms with E-state index in [1.807, 2.05) is 4.92 Å². The van der Waals surface area contributed by atoms with Crippen molar-refractivity contribution in [2.24, 2.45) is 0 Å². The molecule has 6 heteroatoms. The zero-order chi connectivity index (χ0) is 39.0. The van der Waals surface area contributed by atoms with Gasteiger partial charge in [-0.25, -0.2) is 9.71 Å². The van der Waals surface area contributed by atoms with Crippen LogP contribution in [0.5, 0.6) is 0 Å². The monoisotopic (exact) mass is 720 g/mol. The maximum atomic E-state index is 15.0. The molecule has 1 aliphatic carbocycles. The van der Waals surface area contributed by atoms with Gasteiger partial charge in [-0.3, -0.25) is 4.92 Å². The van der Waals surface area contributed by atoms with Crippen LogP contribution in [0.25, 0.3) is 39.0 Å². The van der Waals surface area contributed by atoms with Crippen LogP contribution in [0.15, 0.2) is 90.0 Å². The molecule has 4 aliphatic rings. The van der Waals surface area contributed by atoms with Crippen molar-refractivity contribution < 1.29 is 9.45 Å². The standard InChI is InChI=1S/C49H50B2N2O2/c1-26-19-29(4)41(30(5)20-26)37-15-13-16-38(42-31(6)21-27(2)22-32(42)7)45(37)50-47-36(11)25-35(10)44-40-18-14-17-39(43-33(8)23-28(3)24-34(43)9)46(40)51-53(49(44,47)12)52(50)48(54)55-51/h13-25,47H,1-12H3/t47-,49+/m0/s1. The van der Waals surface area contributed by atoms with Crippen LogP contribution in [-0.2, 0) is 4.65 Å². The first kappa shape index (κ1) is 35.6. The van der Waals surface area contributed by atoms with E-state index >= 15 is 4.79 Å². The summed E-state index contributed by atoms with van der Waals surface area (Å²) in [5, 5.41) is 0. The first-order valence-electron chi connectivity index (χ1n) is 19.8. The van der Waals surface area contributed by atoms with Crippen LogP contribution in [0.2, 0.25) is 5.82 Å². The summed E-state index contributed by atoms with van der Waals surface area (Å²) in [5.41, 5.74) is 25.1. The summed E-state index contributed by atoms with van der Waals surface area (Å²) in [6.45, 7) is 26.4. The van der Waals surface area contributed by atoms with Gasteiger partial charge in [0.2, 0.25) is 0 Å². The van der Waals surface area contributed by atoms with Crippen LogP contribution in [0.4, 0.5) is 4.79 Å². The fourth-order valence-electron chi connectivity index (χ4n) is 11.9. The van der Waals surface area contributed by atoms with E-state index in [1.165, 1.54) is 106 Å². The lowest BCUT2D eigenvalue weighted by atomic mass is 9.37. The molecule has 3 aliphatic heterocycles. The number of hydrogen-bond donors (Lipinski definition) is 0. The summed E-state index contributed by atoms with van der Waals surface area (Å²) >= 11 is 0. The molecule has 0 aromatic heterocycles. The number of carbonyl (C=O) groups excluding carboxylic acids is 1. The molecule has 9 rings (SSSR count). The van der Waals surface area contributed by atoms with Gasteiger partial charge in [-0.15, -0.1) is 0 Å². The van der Waals surface area contributed by atoms with E-state index in [1.54, 1.807) is 0 Å². The zero-order valence-electron chi connectivity index (χ0n) is 34.4. The van der Waals surface area contributed by atoms with Crippen molar-refractivity contribution in [2.75, 3.05) is 0 Å². The number of benzene rings is 5. The molecule has 5 aromatic carbocycles. The molecule has 4 nitrogen and oxygen atoms in total. The van der Waals surface area contributed by atoms with E-state index in [0.29, 0.717) is 0 Å². The average Bonchev–Trinajstić information content (AvgIpc) is 3.57. The maximum Gasteiger partial charge on any atom is 0.509 e. The smallest absolute Gasteiger partial charge is 0.498 e. The lowest BCUT2D eigenvalue weighted by molar-refractivity contribution is 0.139. The van der Waals surface area contributed by atoms with Crippen molar-refractivity contribution in [2.45, 2.75) is 94.4 Å². The van der Waals surface area contributed by atoms with Crippen molar-refractivity contribution in [3.8, 4) is 33.4 Å². The van der Waals surface area contributed by atoms with E-state index < -0.39 is 12.6 Å². The highest BCUT2D eigenvalue weighted by atomic mass is 16.6. The number of amides is 1. The lowest BCUT2D eigenvalue weighted by Crippen LogP contribution is -2.63. The molecule has 0 saturated carbocycles. The van der Waals surface area contributed by atoms with Crippen molar-refractivity contribution in [1.82, 2.24) is 9.84 Å². The van der Waals surface area contributed by atoms with Gasteiger partial charge >= 0.3 is 20.0 Å². The van der Waals surface area contributed by atoms with Crippen LogP contribution in [0.1, 0.15) is 76.4 Å². The molecule has 0 N–H and O–H groups in total. The minimum absolute atomic E-state index is 0.0294. The Morgan fingerprint density at radius 2 is 0.982 bits per heavy atom. The van der Waals surface area contributed by atoms with E-state index in [9.17, 15) is 0 Å². The second kappa shape index (κ2) is 12.2. The number of nitrogens with zero attached hydrogens (tertiary/aromatic N) is 2. The van der Waals surface area contributed by atoms with Crippen LogP contribution >= 0.6 is 0 Å². The van der Waals surface area contributed by atoms with E-state index in [2.05, 4.69) is 167 Å². The predicted octanol–water partition coefficient (Wildman–Crippen LogP) is 10.6. The first-order valence-corrected chi connectivity index (χ1v) is 19.8. The molecule has 2 fully saturated rings. The molecule has 5 aromatic rings. The van der Waals surface area contributed by atoms with Gasteiger partial charge in [0.1, 0.15) is 0 Å². The third-order valence-electron chi connectivity index (χ3n) is 13.2. The number of fused-ring (bicyclic) bond motifs is 3. The second-order valence-electron chi connectivity index (χ2n) is 17.3. The van der Waals surface area contributed by atoms with Crippen LogP contribution in [0, 0.1) is 62.3 Å². The van der Waals surface area contributed by atoms with E-state index in [4.69, 9.17) is 4.65 Å². The average molecular weight is 721 g/mol. The fraction of sp³-hybridized carbons (Fsp3) is 0.286. The number of hydrogen-bond acceptors (Lipinski definition) is 3. The lowest BCUT2D eigenvalue weighted by Gasteiger charge is -2.49. The number of allylic oxidation sites excluding steroid dienone is 2. The molecule has 3 heterocycles. The third-order valence-corrected chi connectivity index (χ3v) is 13.2. The normalized spacial score (nSPS) is 19.9. The molecule has 2 saturated heterocycles. The van der Waals surface area contributed by atoms with Gasteiger partial charge in [-0.2, -0.15) is 0 Å². The SMILES string of the molecule is CC1=CC(C)=C2c3cccc(-c4c(C)cc(C)cc4C)c3B3OC(=O)N4B(c5c(-c6c(C)cc(C)cc6C)cccc5-c5c(C)cc(C)cc5C)[C@@H]1[C@]2(C)N34. The van der Waals surface area contributed by atoms with Crippen LogP contribution in [0.3, 0.4) is 0 Å². The summed E-state index contributed by atoms with van der Waals surface area (Å²) in [6, 6.07) is 27.2. The number of rotatable bonds is 4. The van der Waals surface area contributed by atoms with Gasteiger partial charge in [0.05, 0.1) is 5.54 Å². The molecule has 0 spiro atoms. The number of hydrazine groups is 1. The second-order valence-corrected chi connectivity index (χ2v) is 17.3. The topological polar surface area (TPSA) is 32.8 Å². The van der Waals surface area contributed by atoms with Gasteiger partial charge in [0.25, 0.3) is 0 Å². The summed E-state index contributed by atoms with van der Waals surface area (Å²) < 4.78 is 6.73. The highest BCUT2D eigenvalue weighted by Crippen LogP contribution is 2.60. The third kappa shape index (κ3) is 4.86. The predicted molar refractivity (Wildman–Crippen MR) is 231 cm³/mol. The van der Waals surface area contributed by atoms with Crippen molar-refractivity contribution >= 4 is 36.5 Å². The van der Waals surface area contributed by atoms with Gasteiger partial charge in [0.15, 0.2) is 0 Å². The summed E-state index contributed by atoms with van der Waals surface area (Å²) in [7, 11) is -0.569. The Hall–Kier alpha value is -5.06. The van der Waals surface area contributed by atoms with Crippen molar-refractivity contribution in [3.05, 3.63) is 146 Å². The molecule has 0 radical (unpaired) electrons. The Balaban J connectivity index is 1.38. The van der Waals surface area contributed by atoms with Gasteiger partial charge in [0, 0.05) is 5.82 Å².